The molecule has 0 aliphatic rings. The molecular weight excluding hydrogens is 468 g/mol. The van der Waals surface area contributed by atoms with Gasteiger partial charge in [0.2, 0.25) is 0 Å². The van der Waals surface area contributed by atoms with Gasteiger partial charge in [0.1, 0.15) is 11.8 Å². The number of benzene rings is 3. The maximum atomic E-state index is 9.94. The summed E-state index contributed by atoms with van der Waals surface area (Å²) in [7, 11) is 5.39. The van der Waals surface area contributed by atoms with E-state index in [1.807, 2.05) is 109 Å². The van der Waals surface area contributed by atoms with Gasteiger partial charge in [-0.1, -0.05) is 59.4 Å². The molecule has 0 atom stereocenters. The van der Waals surface area contributed by atoms with Gasteiger partial charge in [0, 0.05) is 19.7 Å². The van der Waals surface area contributed by atoms with Crippen molar-refractivity contribution < 1.29 is 4.74 Å². The lowest BCUT2D eigenvalue weighted by molar-refractivity contribution is 0.414. The van der Waals surface area contributed by atoms with Gasteiger partial charge < -0.3 is 9.64 Å². The van der Waals surface area contributed by atoms with Crippen molar-refractivity contribution in [1.29, 1.82) is 5.26 Å². The van der Waals surface area contributed by atoms with Crippen LogP contribution in [0.2, 0.25) is 0 Å². The highest BCUT2D eigenvalue weighted by atomic mass is 32.1. The SMILES string of the molecule is COc1ccc(-n2c(N=CN(C)C)c(C#N)sc2=NC(=Nc2ccccc2)c2ccc(C)cc2)cc1. The van der Waals surface area contributed by atoms with E-state index in [0.717, 1.165) is 28.3 Å². The van der Waals surface area contributed by atoms with E-state index in [1.54, 1.807) is 13.4 Å². The highest BCUT2D eigenvalue weighted by Crippen LogP contribution is 2.26. The predicted octanol–water partition coefficient (Wildman–Crippen LogP) is 5.63. The number of thiazole rings is 1. The topological polar surface area (TPSA) is 78.3 Å². The van der Waals surface area contributed by atoms with Gasteiger partial charge in [-0.15, -0.1) is 0 Å². The Morgan fingerprint density at radius 3 is 2.31 bits per heavy atom. The second-order valence-corrected chi connectivity index (χ2v) is 9.12. The molecule has 7 nitrogen and oxygen atoms in total. The Balaban J connectivity index is 2.00. The summed E-state index contributed by atoms with van der Waals surface area (Å²) in [4.78, 5) is 17.3. The van der Waals surface area contributed by atoms with Gasteiger partial charge in [-0.2, -0.15) is 5.26 Å². The summed E-state index contributed by atoms with van der Waals surface area (Å²) >= 11 is 1.27. The zero-order valence-electron chi connectivity index (χ0n) is 20.6. The highest BCUT2D eigenvalue weighted by molar-refractivity contribution is 7.10. The average molecular weight is 495 g/mol. The molecule has 1 aromatic heterocycles. The number of aryl methyl sites for hydroxylation is 1. The molecule has 0 spiro atoms. The number of ether oxygens (including phenoxy) is 1. The normalized spacial score (nSPS) is 12.1. The van der Waals surface area contributed by atoms with Gasteiger partial charge in [-0.3, -0.25) is 4.57 Å². The van der Waals surface area contributed by atoms with E-state index in [0.29, 0.717) is 21.3 Å². The highest BCUT2D eigenvalue weighted by Gasteiger charge is 2.16. The molecule has 4 rings (SSSR count). The van der Waals surface area contributed by atoms with Gasteiger partial charge in [-0.25, -0.2) is 15.0 Å². The fourth-order valence-electron chi connectivity index (χ4n) is 3.34. The number of nitrogens with zero attached hydrogens (tertiary/aromatic N) is 6. The molecule has 0 aliphatic heterocycles. The maximum Gasteiger partial charge on any atom is 0.199 e. The molecule has 0 unspecified atom stereocenters. The third-order valence-electron chi connectivity index (χ3n) is 5.15. The molecule has 0 bridgehead atoms. The van der Waals surface area contributed by atoms with Crippen LogP contribution < -0.4 is 9.54 Å². The molecule has 36 heavy (non-hydrogen) atoms. The van der Waals surface area contributed by atoms with E-state index in [4.69, 9.17) is 14.7 Å². The fourth-order valence-corrected chi connectivity index (χ4v) is 4.22. The van der Waals surface area contributed by atoms with Crippen LogP contribution in [0.1, 0.15) is 16.0 Å². The van der Waals surface area contributed by atoms with Gasteiger partial charge >= 0.3 is 0 Å². The van der Waals surface area contributed by atoms with Gasteiger partial charge in [0.25, 0.3) is 0 Å². The number of hydrogen-bond acceptors (Lipinski definition) is 5. The zero-order chi connectivity index (χ0) is 25.5. The first kappa shape index (κ1) is 24.6. The molecule has 8 heteroatoms. The number of methoxy groups -OCH3 is 1. The van der Waals surface area contributed by atoms with Crippen LogP contribution in [0, 0.1) is 18.3 Å². The number of nitriles is 1. The van der Waals surface area contributed by atoms with Crippen molar-refractivity contribution in [3.8, 4) is 17.5 Å². The molecule has 0 amide bonds. The first-order chi connectivity index (χ1) is 17.5. The quantitative estimate of drug-likeness (QED) is 0.257. The Labute approximate surface area is 214 Å². The average Bonchev–Trinajstić information content (AvgIpc) is 3.25. The van der Waals surface area contributed by atoms with Gasteiger partial charge in [-0.05, 0) is 43.3 Å². The minimum atomic E-state index is 0.450. The summed E-state index contributed by atoms with van der Waals surface area (Å²) < 4.78 is 7.20. The van der Waals surface area contributed by atoms with Crippen molar-refractivity contribution in [2.24, 2.45) is 15.0 Å². The summed E-state index contributed by atoms with van der Waals surface area (Å²) in [5.41, 5.74) is 3.61. The number of hydrogen-bond donors (Lipinski definition) is 0. The standard InChI is InChI=1S/C28H26N6OS/c1-20-10-12-21(13-11-20)26(31-22-8-6-5-7-9-22)32-28-34(23-14-16-24(35-4)17-15-23)27(25(18-29)36-28)30-19-33(2)3/h5-17,19H,1-4H3. The first-order valence-corrected chi connectivity index (χ1v) is 12.1. The lowest BCUT2D eigenvalue weighted by atomic mass is 10.1. The molecule has 4 aromatic rings. The van der Waals surface area contributed by atoms with Crippen LogP contribution in [0.4, 0.5) is 11.5 Å². The molecule has 0 radical (unpaired) electrons. The first-order valence-electron chi connectivity index (χ1n) is 11.2. The molecule has 180 valence electrons. The van der Waals surface area contributed by atoms with Crippen molar-refractivity contribution in [2.75, 3.05) is 21.2 Å². The van der Waals surface area contributed by atoms with Crippen molar-refractivity contribution in [2.45, 2.75) is 6.92 Å². The molecule has 3 aromatic carbocycles. The van der Waals surface area contributed by atoms with Gasteiger partial charge in [0.05, 0.1) is 24.8 Å². The van der Waals surface area contributed by atoms with Crippen LogP contribution in [0.5, 0.6) is 5.75 Å². The summed E-state index contributed by atoms with van der Waals surface area (Å²) in [6, 6.07) is 27.6. The second kappa shape index (κ2) is 11.3. The smallest absolute Gasteiger partial charge is 0.199 e. The van der Waals surface area contributed by atoms with Crippen LogP contribution >= 0.6 is 11.3 Å². The van der Waals surface area contributed by atoms with E-state index in [2.05, 4.69) is 11.1 Å². The molecule has 0 saturated heterocycles. The minimum Gasteiger partial charge on any atom is -0.497 e. The molecule has 0 N–H and O–H groups in total. The van der Waals surface area contributed by atoms with Crippen LogP contribution in [0.3, 0.4) is 0 Å². The van der Waals surface area contributed by atoms with Crippen molar-refractivity contribution >= 4 is 35.0 Å². The number of aliphatic imine (C=N–C) groups is 2. The van der Waals surface area contributed by atoms with Crippen molar-refractivity contribution in [3.63, 3.8) is 0 Å². The fraction of sp³-hybridized carbons (Fsp3) is 0.143. The van der Waals surface area contributed by atoms with E-state index < -0.39 is 0 Å². The van der Waals surface area contributed by atoms with Crippen LogP contribution in [-0.4, -0.2) is 42.8 Å². The van der Waals surface area contributed by atoms with E-state index in [9.17, 15) is 5.26 Å². The van der Waals surface area contributed by atoms with Crippen LogP contribution in [-0.2, 0) is 0 Å². The maximum absolute atomic E-state index is 9.94. The summed E-state index contributed by atoms with van der Waals surface area (Å²) in [6.07, 6.45) is 1.67. The number of amidine groups is 1. The zero-order valence-corrected chi connectivity index (χ0v) is 21.4. The number of rotatable bonds is 6. The molecule has 0 saturated carbocycles. The monoisotopic (exact) mass is 494 g/mol. The molecule has 0 aliphatic carbocycles. The molecule has 0 fully saturated rings. The summed E-state index contributed by atoms with van der Waals surface area (Å²) in [5.74, 6) is 1.78. The largest absolute Gasteiger partial charge is 0.497 e. The van der Waals surface area contributed by atoms with E-state index in [1.165, 1.54) is 11.3 Å². The van der Waals surface area contributed by atoms with E-state index in [-0.39, 0.29) is 0 Å². The third kappa shape index (κ3) is 5.77. The van der Waals surface area contributed by atoms with Crippen molar-refractivity contribution in [3.05, 3.63) is 99.7 Å². The molecule has 1 heterocycles. The number of aromatic nitrogens is 1. The predicted molar refractivity (Wildman–Crippen MR) is 146 cm³/mol. The Bertz CT molecular complexity index is 1490. The Kier molecular flexibility index (Phi) is 7.73. The Morgan fingerprint density at radius 2 is 1.69 bits per heavy atom. The summed E-state index contributed by atoms with van der Waals surface area (Å²) in [6.45, 7) is 2.04. The lowest BCUT2D eigenvalue weighted by Crippen LogP contribution is -2.16. The third-order valence-corrected chi connectivity index (χ3v) is 6.08. The van der Waals surface area contributed by atoms with Crippen LogP contribution in [0.25, 0.3) is 5.69 Å². The summed E-state index contributed by atoms with van der Waals surface area (Å²) in [5, 5.41) is 9.94. The van der Waals surface area contributed by atoms with Crippen LogP contribution in [0.15, 0.2) is 93.8 Å². The minimum absolute atomic E-state index is 0.450. The Hall–Kier alpha value is -4.48. The Morgan fingerprint density at radius 1 is 1.00 bits per heavy atom. The van der Waals surface area contributed by atoms with Crippen molar-refractivity contribution in [1.82, 2.24) is 9.47 Å². The second-order valence-electron chi connectivity index (χ2n) is 8.14. The lowest BCUT2D eigenvalue weighted by Gasteiger charge is -2.09. The van der Waals surface area contributed by atoms with Gasteiger partial charge in [0.15, 0.2) is 21.3 Å². The van der Waals surface area contributed by atoms with E-state index >= 15 is 0 Å². The number of para-hydroxylation sites is 1. The molecular formula is C28H26N6OS.